The fraction of sp³-hybridized carbons (Fsp3) is 0.778. The first kappa shape index (κ1) is 24.7. The van der Waals surface area contributed by atoms with Crippen LogP contribution in [0.2, 0.25) is 0 Å². The summed E-state index contributed by atoms with van der Waals surface area (Å²) in [4.78, 5) is 47.4. The maximum absolute atomic E-state index is 12.5. The number of alkyl halides is 1. The second-order valence-corrected chi connectivity index (χ2v) is 7.46. The Kier molecular flexibility index (Phi) is 7.62. The van der Waals surface area contributed by atoms with Crippen LogP contribution < -0.4 is 0 Å². The van der Waals surface area contributed by atoms with Crippen LogP contribution in [0.1, 0.15) is 14.4 Å². The van der Waals surface area contributed by atoms with Crippen molar-refractivity contribution in [2.45, 2.75) is 44.7 Å². The zero-order valence-electron chi connectivity index (χ0n) is 16.3. The van der Waals surface area contributed by atoms with Crippen molar-refractivity contribution >= 4 is 39.7 Å². The standard InChI is InChI=1S/C14H17NO8.C3H5BrO2.CH4/c1-14(20-3)22-10-8-6-7(9(21-8)11(10)23-14)13(18)15(12(6)17)4-5(16)19-2;1-6-3(5)2-4;/h6-11H,4H2,1-3H3;2H2,1H3;1H4/t6?,7?,8-,9?,10+,11?,14?;;/m0../s1. The van der Waals surface area contributed by atoms with Crippen LogP contribution in [0.4, 0.5) is 0 Å². The van der Waals surface area contributed by atoms with Gasteiger partial charge in [0.1, 0.15) is 24.1 Å². The highest BCUT2D eigenvalue weighted by Gasteiger charge is 2.73. The highest BCUT2D eigenvalue weighted by Crippen LogP contribution is 2.54. The Morgan fingerprint density at radius 2 is 1.43 bits per heavy atom. The van der Waals surface area contributed by atoms with Crippen LogP contribution >= 0.6 is 15.9 Å². The maximum Gasteiger partial charge on any atom is 0.325 e. The summed E-state index contributed by atoms with van der Waals surface area (Å²) >= 11 is 2.90. The van der Waals surface area contributed by atoms with Crippen LogP contribution in [-0.2, 0) is 47.6 Å². The Morgan fingerprint density at radius 1 is 0.967 bits per heavy atom. The van der Waals surface area contributed by atoms with Gasteiger partial charge in [-0.15, -0.1) is 0 Å². The van der Waals surface area contributed by atoms with E-state index in [1.54, 1.807) is 6.92 Å². The van der Waals surface area contributed by atoms with E-state index >= 15 is 0 Å². The quantitative estimate of drug-likeness (QED) is 0.294. The monoisotopic (exact) mass is 495 g/mol. The number of fused-ring (bicyclic) bond motifs is 8. The number of halogens is 1. The number of likely N-dealkylation sites (tertiary alicyclic amines) is 1. The molecule has 2 bridgehead atoms. The molecule has 0 aliphatic carbocycles. The summed E-state index contributed by atoms with van der Waals surface area (Å²) in [5.74, 6) is -4.24. The van der Waals surface area contributed by atoms with Gasteiger partial charge in [-0.3, -0.25) is 24.1 Å². The molecule has 4 saturated heterocycles. The summed E-state index contributed by atoms with van der Waals surface area (Å²) < 4.78 is 31.2. The van der Waals surface area contributed by atoms with E-state index < -0.39 is 60.0 Å². The number of carbonyl (C=O) groups excluding carboxylic acids is 4. The average Bonchev–Trinajstić information content (AvgIpc) is 3.42. The van der Waals surface area contributed by atoms with Crippen molar-refractivity contribution in [1.29, 1.82) is 0 Å². The molecule has 0 aromatic heterocycles. The van der Waals surface area contributed by atoms with E-state index in [1.807, 2.05) is 0 Å². The molecule has 2 amide bonds. The van der Waals surface area contributed by atoms with Gasteiger partial charge in [-0.2, -0.15) is 0 Å². The largest absolute Gasteiger partial charge is 0.468 e. The Balaban J connectivity index is 0.000000405. The van der Waals surface area contributed by atoms with Gasteiger partial charge in [-0.25, -0.2) is 0 Å². The lowest BCUT2D eigenvalue weighted by molar-refractivity contribution is -0.330. The first-order valence-electron chi connectivity index (χ1n) is 8.82. The topological polar surface area (TPSA) is 127 Å². The molecule has 0 aromatic carbocycles. The second-order valence-electron chi connectivity index (χ2n) is 6.90. The Hall–Kier alpha value is -1.60. The van der Waals surface area contributed by atoms with Crippen LogP contribution in [0, 0.1) is 11.8 Å². The number of rotatable bonds is 4. The van der Waals surface area contributed by atoms with Gasteiger partial charge in [0, 0.05) is 14.0 Å². The van der Waals surface area contributed by atoms with Gasteiger partial charge >= 0.3 is 11.9 Å². The molecule has 0 aromatic rings. The number of esters is 2. The molecule has 11 nitrogen and oxygen atoms in total. The van der Waals surface area contributed by atoms with Crippen molar-refractivity contribution in [3.8, 4) is 0 Å². The molecular weight excluding hydrogens is 470 g/mol. The average molecular weight is 496 g/mol. The Bertz CT molecular complexity index is 673. The summed E-state index contributed by atoms with van der Waals surface area (Å²) in [5.41, 5.74) is 0. The number of ether oxygens (including phenoxy) is 6. The molecule has 4 fully saturated rings. The van der Waals surface area contributed by atoms with Crippen LogP contribution in [0.3, 0.4) is 0 Å². The minimum atomic E-state index is -1.20. The van der Waals surface area contributed by atoms with Crippen LogP contribution in [0.25, 0.3) is 0 Å². The Labute approximate surface area is 182 Å². The summed E-state index contributed by atoms with van der Waals surface area (Å²) in [5, 5.41) is 0.281. The van der Waals surface area contributed by atoms with Gasteiger partial charge in [0.15, 0.2) is 0 Å². The van der Waals surface area contributed by atoms with Crippen molar-refractivity contribution in [2.75, 3.05) is 33.2 Å². The van der Waals surface area contributed by atoms with Crippen molar-refractivity contribution in [2.24, 2.45) is 11.8 Å². The van der Waals surface area contributed by atoms with Gasteiger partial charge < -0.3 is 28.4 Å². The van der Waals surface area contributed by atoms with E-state index in [1.165, 1.54) is 21.3 Å². The number of hydrogen-bond donors (Lipinski definition) is 0. The predicted octanol–water partition coefficient (Wildman–Crippen LogP) is -0.164. The lowest BCUT2D eigenvalue weighted by Crippen LogP contribution is -2.46. The zero-order chi connectivity index (χ0) is 21.5. The molecule has 30 heavy (non-hydrogen) atoms. The van der Waals surface area contributed by atoms with Crippen molar-refractivity contribution in [3.05, 3.63) is 0 Å². The third-order valence-corrected chi connectivity index (χ3v) is 5.86. The minimum Gasteiger partial charge on any atom is -0.468 e. The van der Waals surface area contributed by atoms with Crippen molar-refractivity contribution < 1.29 is 47.6 Å². The van der Waals surface area contributed by atoms with Gasteiger partial charge in [0.25, 0.3) is 5.97 Å². The lowest BCUT2D eigenvalue weighted by atomic mass is 9.78. The molecule has 7 atom stereocenters. The van der Waals surface area contributed by atoms with E-state index in [2.05, 4.69) is 25.4 Å². The SMILES string of the molecule is C.COC(=O)CBr.COC(=O)CN1C(=O)C2C3O[C@@H](C2C1=O)[C@H]1OC(C)(OC)OC31. The molecule has 4 aliphatic heterocycles. The number of imide groups is 1. The fourth-order valence-corrected chi connectivity index (χ4v) is 4.27. The van der Waals surface area contributed by atoms with Crippen LogP contribution in [-0.4, -0.2) is 92.2 Å². The summed E-state index contributed by atoms with van der Waals surface area (Å²) in [7, 11) is 4.02. The minimum absolute atomic E-state index is 0. The molecule has 4 rings (SSSR count). The first-order valence-corrected chi connectivity index (χ1v) is 9.94. The van der Waals surface area contributed by atoms with E-state index in [9.17, 15) is 19.2 Å². The van der Waals surface area contributed by atoms with Gasteiger partial charge in [0.05, 0.1) is 38.3 Å². The molecule has 12 heteroatoms. The van der Waals surface area contributed by atoms with Gasteiger partial charge in [0.2, 0.25) is 11.8 Å². The predicted molar refractivity (Wildman–Crippen MR) is 102 cm³/mol. The van der Waals surface area contributed by atoms with Gasteiger partial charge in [-0.1, -0.05) is 23.4 Å². The molecular formula is C18H26BrNO10. The first-order chi connectivity index (χ1) is 13.7. The number of hydrogen-bond acceptors (Lipinski definition) is 10. The highest BCUT2D eigenvalue weighted by molar-refractivity contribution is 9.09. The number of nitrogens with zero attached hydrogens (tertiary/aromatic N) is 1. The molecule has 5 unspecified atom stereocenters. The Morgan fingerprint density at radius 3 is 1.77 bits per heavy atom. The molecule has 0 radical (unpaired) electrons. The molecule has 4 aliphatic rings. The van der Waals surface area contributed by atoms with Gasteiger partial charge in [-0.05, 0) is 0 Å². The highest BCUT2D eigenvalue weighted by atomic mass is 79.9. The second kappa shape index (κ2) is 9.27. The molecule has 170 valence electrons. The summed E-state index contributed by atoms with van der Waals surface area (Å²) in [6.45, 7) is 1.25. The zero-order valence-corrected chi connectivity index (χ0v) is 17.9. The smallest absolute Gasteiger partial charge is 0.325 e. The number of amides is 2. The summed E-state index contributed by atoms with van der Waals surface area (Å²) in [6.07, 6.45) is -2.10. The van der Waals surface area contributed by atoms with Crippen LogP contribution in [0.5, 0.6) is 0 Å². The normalized spacial score (nSPS) is 37.7. The number of carbonyl (C=O) groups is 4. The molecule has 0 spiro atoms. The van der Waals surface area contributed by atoms with E-state index in [4.69, 9.17) is 18.9 Å². The molecule has 0 saturated carbocycles. The van der Waals surface area contributed by atoms with E-state index in [-0.39, 0.29) is 25.3 Å². The van der Waals surface area contributed by atoms with Crippen molar-refractivity contribution in [3.63, 3.8) is 0 Å². The third-order valence-electron chi connectivity index (χ3n) is 5.41. The maximum atomic E-state index is 12.5. The van der Waals surface area contributed by atoms with E-state index in [0.29, 0.717) is 0 Å². The number of methoxy groups -OCH3 is 3. The molecule has 4 heterocycles. The van der Waals surface area contributed by atoms with Crippen LogP contribution in [0.15, 0.2) is 0 Å². The third kappa shape index (κ3) is 3.98. The molecule has 0 N–H and O–H groups in total. The fourth-order valence-electron chi connectivity index (χ4n) is 4.04. The lowest BCUT2D eigenvalue weighted by Gasteiger charge is -2.24. The van der Waals surface area contributed by atoms with Crippen molar-refractivity contribution in [1.82, 2.24) is 4.90 Å². The van der Waals surface area contributed by atoms with E-state index in [0.717, 1.165) is 4.90 Å². The summed E-state index contributed by atoms with van der Waals surface area (Å²) in [6, 6.07) is 0.